The Hall–Kier alpha value is -4.38. The first-order valence-electron chi connectivity index (χ1n) is 12.9. The van der Waals surface area contributed by atoms with Crippen LogP contribution in [0.3, 0.4) is 0 Å². The van der Waals surface area contributed by atoms with Gasteiger partial charge in [-0.2, -0.15) is 0 Å². The zero-order valence-corrected chi connectivity index (χ0v) is 22.5. The van der Waals surface area contributed by atoms with Crippen molar-refractivity contribution in [3.05, 3.63) is 108 Å². The first-order valence-corrected chi connectivity index (χ1v) is 14.0. The number of carbonyl (C=O) groups is 2. The second-order valence-electron chi connectivity index (χ2n) is 9.10. The molecule has 1 unspecified atom stereocenters. The molecule has 0 saturated carbocycles. The van der Waals surface area contributed by atoms with Crippen LogP contribution < -0.4 is 15.4 Å². The van der Waals surface area contributed by atoms with Gasteiger partial charge in [-0.05, 0) is 65.7 Å². The highest BCUT2D eigenvalue weighted by molar-refractivity contribution is 7.92. The van der Waals surface area contributed by atoms with Crippen molar-refractivity contribution in [3.63, 3.8) is 0 Å². The van der Waals surface area contributed by atoms with Gasteiger partial charge in [0.25, 0.3) is 5.91 Å². The van der Waals surface area contributed by atoms with Gasteiger partial charge in [0, 0.05) is 48.8 Å². The van der Waals surface area contributed by atoms with Crippen LogP contribution in [-0.2, 0) is 22.6 Å². The van der Waals surface area contributed by atoms with Crippen LogP contribution in [-0.4, -0.2) is 52.7 Å². The lowest BCUT2D eigenvalue weighted by Gasteiger charge is -2.26. The van der Waals surface area contributed by atoms with Crippen molar-refractivity contribution in [2.75, 3.05) is 36.3 Å². The smallest absolute Gasteiger partial charge is 0.319 e. The Morgan fingerprint density at radius 2 is 1.62 bits per heavy atom. The average molecular weight is 556 g/mol. The number of rotatable bonds is 8. The number of amides is 3. The molecule has 1 aliphatic heterocycles. The maximum atomic E-state index is 13.3. The quantitative estimate of drug-likeness (QED) is 0.272. The molecule has 0 bridgehead atoms. The van der Waals surface area contributed by atoms with Crippen molar-refractivity contribution in [1.29, 1.82) is 0 Å². The largest absolute Gasteiger partial charge is 0.588 e. The number of nitrogens with zero attached hydrogens (tertiary/aromatic N) is 2. The van der Waals surface area contributed by atoms with Gasteiger partial charge in [0.05, 0.1) is 18.9 Å². The van der Waals surface area contributed by atoms with Crippen LogP contribution in [0.4, 0.5) is 16.2 Å². The summed E-state index contributed by atoms with van der Waals surface area (Å²) in [5.41, 5.74) is 4.43. The molecule has 1 aliphatic rings. The van der Waals surface area contributed by atoms with Crippen LogP contribution >= 0.6 is 0 Å². The summed E-state index contributed by atoms with van der Waals surface area (Å²) in [6, 6.07) is 25.2. The Morgan fingerprint density at radius 1 is 0.900 bits per heavy atom. The van der Waals surface area contributed by atoms with Crippen molar-refractivity contribution in [2.24, 2.45) is 0 Å². The zero-order chi connectivity index (χ0) is 27.7. The molecule has 3 amide bonds. The van der Waals surface area contributed by atoms with E-state index >= 15 is 0 Å². The summed E-state index contributed by atoms with van der Waals surface area (Å²) in [6.45, 7) is 2.65. The number of pyridine rings is 1. The molecule has 40 heavy (non-hydrogen) atoms. The minimum absolute atomic E-state index is 0.0164. The molecule has 9 nitrogen and oxygen atoms in total. The summed E-state index contributed by atoms with van der Waals surface area (Å²) in [7, 11) is 0. The summed E-state index contributed by atoms with van der Waals surface area (Å²) in [5, 5.41) is 5.56. The second kappa shape index (κ2) is 13.1. The van der Waals surface area contributed by atoms with E-state index in [9.17, 15) is 14.1 Å². The predicted molar refractivity (Wildman–Crippen MR) is 155 cm³/mol. The first-order chi connectivity index (χ1) is 19.6. The molecule has 0 spiro atoms. The molecule has 0 aliphatic carbocycles. The average Bonchev–Trinajstić information content (AvgIpc) is 3.01. The summed E-state index contributed by atoms with van der Waals surface area (Å²) in [6.07, 6.45) is 3.38. The number of carbonyl (C=O) groups excluding carboxylic acids is 2. The number of aromatic nitrogens is 1. The van der Waals surface area contributed by atoms with Crippen molar-refractivity contribution < 1.29 is 18.9 Å². The van der Waals surface area contributed by atoms with E-state index in [2.05, 4.69) is 20.3 Å². The van der Waals surface area contributed by atoms with E-state index in [0.717, 1.165) is 16.7 Å². The Labute approximate surface area is 235 Å². The maximum Gasteiger partial charge on any atom is 0.319 e. The molecule has 0 radical (unpaired) electrons. The normalized spacial score (nSPS) is 13.8. The van der Waals surface area contributed by atoms with Crippen LogP contribution in [0.15, 0.2) is 102 Å². The lowest BCUT2D eigenvalue weighted by molar-refractivity contribution is 0.0303. The van der Waals surface area contributed by atoms with Gasteiger partial charge in [0.15, 0.2) is 4.90 Å². The molecule has 1 fully saturated rings. The van der Waals surface area contributed by atoms with Gasteiger partial charge in [-0.3, -0.25) is 9.78 Å². The number of urea groups is 1. The van der Waals surface area contributed by atoms with Crippen LogP contribution in [0, 0.1) is 0 Å². The standard InChI is InChI=1S/C30H29N5O4S/c36-29(35-16-18-39-19-17-35)24-9-7-23(8-10-24)27-5-1-2-6-28(27)40(38)34-26-13-11-25(12-14-26)33-30(37)32-21-22-4-3-15-31-20-22/h1-15,20,34H,16-19,21H2,(H2,32,33,37). The van der Waals surface area contributed by atoms with E-state index in [1.165, 1.54) is 0 Å². The molecule has 204 valence electrons. The third kappa shape index (κ3) is 6.97. The third-order valence-corrected chi connectivity index (χ3v) is 7.53. The minimum Gasteiger partial charge on any atom is -0.588 e. The van der Waals surface area contributed by atoms with E-state index in [1.807, 2.05) is 48.5 Å². The lowest BCUT2D eigenvalue weighted by Crippen LogP contribution is -2.40. The van der Waals surface area contributed by atoms with Crippen LogP contribution in [0.2, 0.25) is 0 Å². The third-order valence-electron chi connectivity index (χ3n) is 6.36. The number of ether oxygens (including phenoxy) is 1. The summed E-state index contributed by atoms with van der Waals surface area (Å²) < 4.78 is 21.7. The summed E-state index contributed by atoms with van der Waals surface area (Å²) in [5.74, 6) is -0.0164. The van der Waals surface area contributed by atoms with Gasteiger partial charge in [-0.1, -0.05) is 30.3 Å². The van der Waals surface area contributed by atoms with Gasteiger partial charge in [0.2, 0.25) is 0 Å². The molecule has 3 aromatic carbocycles. The zero-order valence-electron chi connectivity index (χ0n) is 21.7. The van der Waals surface area contributed by atoms with Gasteiger partial charge in [0.1, 0.15) is 11.4 Å². The molecule has 1 atom stereocenters. The van der Waals surface area contributed by atoms with E-state index in [0.29, 0.717) is 54.7 Å². The molecular formula is C30H29N5O4S. The van der Waals surface area contributed by atoms with E-state index < -0.39 is 11.4 Å². The van der Waals surface area contributed by atoms with Gasteiger partial charge in [-0.15, -0.1) is 0 Å². The highest BCUT2D eigenvalue weighted by atomic mass is 32.2. The molecule has 4 aromatic rings. The van der Waals surface area contributed by atoms with E-state index in [4.69, 9.17) is 4.74 Å². The fourth-order valence-corrected chi connectivity index (χ4v) is 5.30. The van der Waals surface area contributed by atoms with Crippen LogP contribution in [0.1, 0.15) is 15.9 Å². The molecule has 3 N–H and O–H groups in total. The summed E-state index contributed by atoms with van der Waals surface area (Å²) >= 11 is -1.55. The highest BCUT2D eigenvalue weighted by Crippen LogP contribution is 2.29. The molecule has 2 heterocycles. The SMILES string of the molecule is O=C(NCc1cccnc1)Nc1ccc(N[S+]([O-])c2ccccc2-c2ccc(C(=O)N3CCOCC3)cc2)cc1. The number of hydrogen-bond donors (Lipinski definition) is 3. The Morgan fingerprint density at radius 3 is 2.35 bits per heavy atom. The molecule has 1 saturated heterocycles. The fourth-order valence-electron chi connectivity index (χ4n) is 4.25. The second-order valence-corrected chi connectivity index (χ2v) is 10.3. The van der Waals surface area contributed by atoms with Crippen LogP contribution in [0.5, 0.6) is 0 Å². The number of hydrogen-bond acceptors (Lipinski definition) is 6. The van der Waals surface area contributed by atoms with Crippen LogP contribution in [0.25, 0.3) is 11.1 Å². The van der Waals surface area contributed by atoms with Crippen molar-refractivity contribution in [2.45, 2.75) is 11.4 Å². The Balaban J connectivity index is 1.20. The van der Waals surface area contributed by atoms with E-state index in [-0.39, 0.29) is 11.9 Å². The summed E-state index contributed by atoms with van der Waals surface area (Å²) in [4.78, 5) is 31.4. The maximum absolute atomic E-state index is 13.3. The van der Waals surface area contributed by atoms with Crippen molar-refractivity contribution in [1.82, 2.24) is 15.2 Å². The molecule has 5 rings (SSSR count). The van der Waals surface area contributed by atoms with Gasteiger partial charge < -0.3 is 24.8 Å². The molecular weight excluding hydrogens is 526 g/mol. The van der Waals surface area contributed by atoms with Crippen molar-refractivity contribution >= 4 is 34.7 Å². The van der Waals surface area contributed by atoms with Gasteiger partial charge in [-0.25, -0.2) is 9.52 Å². The number of morpholine rings is 1. The Bertz CT molecular complexity index is 1430. The molecule has 1 aromatic heterocycles. The van der Waals surface area contributed by atoms with E-state index in [1.54, 1.807) is 53.7 Å². The highest BCUT2D eigenvalue weighted by Gasteiger charge is 2.21. The fraction of sp³-hybridized carbons (Fsp3) is 0.167. The topological polar surface area (TPSA) is 119 Å². The minimum atomic E-state index is -1.55. The van der Waals surface area contributed by atoms with Gasteiger partial charge >= 0.3 is 6.03 Å². The number of anilines is 2. The van der Waals surface area contributed by atoms with Crippen molar-refractivity contribution in [3.8, 4) is 11.1 Å². The monoisotopic (exact) mass is 555 g/mol. The number of nitrogens with one attached hydrogen (secondary N) is 3. The lowest BCUT2D eigenvalue weighted by atomic mass is 10.0. The number of benzene rings is 3. The first kappa shape index (κ1) is 27.2. The predicted octanol–water partition coefficient (Wildman–Crippen LogP) is 4.68. The Kier molecular flexibility index (Phi) is 8.92. The molecule has 10 heteroatoms.